The molecule has 0 radical (unpaired) electrons. The second kappa shape index (κ2) is 9.73. The maximum atomic E-state index is 12.6. The third-order valence-electron chi connectivity index (χ3n) is 6.49. The molecule has 2 heterocycles. The predicted molar refractivity (Wildman–Crippen MR) is 119 cm³/mol. The number of nitrogens with zero attached hydrogens (tertiary/aromatic N) is 3. The number of amides is 2. The van der Waals surface area contributed by atoms with E-state index in [1.165, 1.54) is 18.4 Å². The average Bonchev–Trinajstić information content (AvgIpc) is 3.17. The normalized spacial score (nSPS) is 16.9. The molecule has 1 saturated heterocycles. The van der Waals surface area contributed by atoms with Crippen LogP contribution >= 0.6 is 0 Å². The first kappa shape index (κ1) is 21.7. The molecule has 1 fully saturated rings. The number of furan rings is 1. The van der Waals surface area contributed by atoms with Crippen LogP contribution in [0, 0.1) is 0 Å². The van der Waals surface area contributed by atoms with E-state index < -0.39 is 0 Å². The van der Waals surface area contributed by atoms with Crippen molar-refractivity contribution in [2.75, 3.05) is 52.4 Å². The molecule has 31 heavy (non-hydrogen) atoms. The second-order valence-corrected chi connectivity index (χ2v) is 8.38. The monoisotopic (exact) mass is 427 g/mol. The van der Waals surface area contributed by atoms with Crippen LogP contribution in [0.3, 0.4) is 0 Å². The zero-order chi connectivity index (χ0) is 21.8. The summed E-state index contributed by atoms with van der Waals surface area (Å²) < 4.78 is 11.8. The number of carbonyl (C=O) groups excluding carboxylic acids is 2. The molecule has 2 amide bonds. The van der Waals surface area contributed by atoms with Crippen molar-refractivity contribution in [1.82, 2.24) is 14.7 Å². The first-order valence-corrected chi connectivity index (χ1v) is 11.5. The number of ether oxygens (including phenoxy) is 1. The summed E-state index contributed by atoms with van der Waals surface area (Å²) in [6.45, 7) is 8.60. The van der Waals surface area contributed by atoms with E-state index in [0.717, 1.165) is 42.7 Å². The lowest BCUT2D eigenvalue weighted by Crippen LogP contribution is -2.52. The standard InChI is InChI=1S/C24H33N3O4/c1-3-26(4-2)23(28)16-25-11-13-27(14-12-25)24(29)17-30-18-9-10-22-20(15-18)19-7-5-6-8-21(19)31-22/h9-10,15H,3-8,11-14,16-17H2,1-2H3. The number of benzene rings is 1. The van der Waals surface area contributed by atoms with Gasteiger partial charge in [0, 0.05) is 56.6 Å². The Morgan fingerprint density at radius 2 is 1.81 bits per heavy atom. The Balaban J connectivity index is 1.27. The fourth-order valence-corrected chi connectivity index (χ4v) is 4.59. The molecule has 4 rings (SSSR count). The topological polar surface area (TPSA) is 66.2 Å². The summed E-state index contributed by atoms with van der Waals surface area (Å²) in [5, 5.41) is 1.12. The smallest absolute Gasteiger partial charge is 0.260 e. The Hall–Kier alpha value is -2.54. The van der Waals surface area contributed by atoms with Crippen molar-refractivity contribution >= 4 is 22.8 Å². The van der Waals surface area contributed by atoms with E-state index in [1.807, 2.05) is 41.8 Å². The van der Waals surface area contributed by atoms with Gasteiger partial charge in [0.05, 0.1) is 6.54 Å². The van der Waals surface area contributed by atoms with Crippen molar-refractivity contribution in [3.05, 3.63) is 29.5 Å². The van der Waals surface area contributed by atoms with Gasteiger partial charge in [0.2, 0.25) is 5.91 Å². The second-order valence-electron chi connectivity index (χ2n) is 8.38. The first-order valence-electron chi connectivity index (χ1n) is 11.5. The molecule has 168 valence electrons. The molecule has 1 aliphatic heterocycles. The van der Waals surface area contributed by atoms with Crippen molar-refractivity contribution in [1.29, 1.82) is 0 Å². The molecule has 0 saturated carbocycles. The minimum absolute atomic E-state index is 0.0101. The molecule has 0 unspecified atom stereocenters. The van der Waals surface area contributed by atoms with Crippen LogP contribution in [0.25, 0.3) is 11.0 Å². The number of rotatable bonds is 7. The van der Waals surface area contributed by atoms with Crippen molar-refractivity contribution < 1.29 is 18.7 Å². The fourth-order valence-electron chi connectivity index (χ4n) is 4.59. The van der Waals surface area contributed by atoms with E-state index in [-0.39, 0.29) is 18.4 Å². The highest BCUT2D eigenvalue weighted by atomic mass is 16.5. The van der Waals surface area contributed by atoms with E-state index in [2.05, 4.69) is 4.90 Å². The van der Waals surface area contributed by atoms with Gasteiger partial charge in [-0.1, -0.05) is 0 Å². The van der Waals surface area contributed by atoms with E-state index in [9.17, 15) is 9.59 Å². The highest BCUT2D eigenvalue weighted by Gasteiger charge is 2.24. The molecule has 0 atom stereocenters. The summed E-state index contributed by atoms with van der Waals surface area (Å²) >= 11 is 0. The number of aryl methyl sites for hydroxylation is 2. The van der Waals surface area contributed by atoms with Crippen LogP contribution in [0.15, 0.2) is 22.6 Å². The van der Waals surface area contributed by atoms with Crippen LogP contribution in [0.2, 0.25) is 0 Å². The summed E-state index contributed by atoms with van der Waals surface area (Å²) in [7, 11) is 0. The van der Waals surface area contributed by atoms with Gasteiger partial charge in [-0.3, -0.25) is 14.5 Å². The molecular formula is C24H33N3O4. The van der Waals surface area contributed by atoms with Gasteiger partial charge in [-0.2, -0.15) is 0 Å². The van der Waals surface area contributed by atoms with Gasteiger partial charge in [0.15, 0.2) is 6.61 Å². The summed E-state index contributed by atoms with van der Waals surface area (Å²) in [5.41, 5.74) is 2.20. The number of fused-ring (bicyclic) bond motifs is 3. The summed E-state index contributed by atoms with van der Waals surface area (Å²) in [5.74, 6) is 1.96. The van der Waals surface area contributed by atoms with E-state index in [4.69, 9.17) is 9.15 Å². The van der Waals surface area contributed by atoms with Gasteiger partial charge in [-0.25, -0.2) is 0 Å². The van der Waals surface area contributed by atoms with Crippen molar-refractivity contribution in [3.8, 4) is 5.75 Å². The zero-order valence-electron chi connectivity index (χ0n) is 18.7. The third kappa shape index (κ3) is 4.87. The molecule has 1 aromatic carbocycles. The van der Waals surface area contributed by atoms with Crippen LogP contribution in [-0.2, 0) is 22.4 Å². The zero-order valence-corrected chi connectivity index (χ0v) is 18.7. The molecular weight excluding hydrogens is 394 g/mol. The Labute approximate surface area is 183 Å². The third-order valence-corrected chi connectivity index (χ3v) is 6.49. The van der Waals surface area contributed by atoms with Crippen molar-refractivity contribution in [2.45, 2.75) is 39.5 Å². The lowest BCUT2D eigenvalue weighted by atomic mass is 9.96. The lowest BCUT2D eigenvalue weighted by Gasteiger charge is -2.35. The number of carbonyl (C=O) groups is 2. The molecule has 7 heteroatoms. The number of likely N-dealkylation sites (N-methyl/N-ethyl adjacent to an activating group) is 1. The highest BCUT2D eigenvalue weighted by Crippen LogP contribution is 2.33. The van der Waals surface area contributed by atoms with Crippen LogP contribution in [0.5, 0.6) is 5.75 Å². The molecule has 1 aromatic heterocycles. The predicted octanol–water partition coefficient (Wildman–Crippen LogP) is 2.70. The Kier molecular flexibility index (Phi) is 6.80. The lowest BCUT2D eigenvalue weighted by molar-refractivity contribution is -0.136. The van der Waals surface area contributed by atoms with E-state index in [0.29, 0.717) is 38.5 Å². The molecule has 0 bridgehead atoms. The molecule has 7 nitrogen and oxygen atoms in total. The maximum Gasteiger partial charge on any atom is 0.260 e. The summed E-state index contributed by atoms with van der Waals surface area (Å²) in [4.78, 5) is 30.7. The van der Waals surface area contributed by atoms with Gasteiger partial charge in [-0.15, -0.1) is 0 Å². The van der Waals surface area contributed by atoms with E-state index >= 15 is 0 Å². The molecule has 0 N–H and O–H groups in total. The molecule has 0 spiro atoms. The van der Waals surface area contributed by atoms with Gasteiger partial charge in [0.25, 0.3) is 5.91 Å². The molecule has 2 aromatic rings. The summed E-state index contributed by atoms with van der Waals surface area (Å²) in [6.07, 6.45) is 4.43. The number of piperazine rings is 1. The van der Waals surface area contributed by atoms with Crippen LogP contribution in [0.1, 0.15) is 38.0 Å². The quantitative estimate of drug-likeness (QED) is 0.680. The Morgan fingerprint density at radius 1 is 1.06 bits per heavy atom. The largest absolute Gasteiger partial charge is 0.484 e. The SMILES string of the molecule is CCN(CC)C(=O)CN1CCN(C(=O)COc2ccc3oc4c(c3c2)CCCC4)CC1. The molecule has 2 aliphatic rings. The van der Waals surface area contributed by atoms with Crippen molar-refractivity contribution in [2.24, 2.45) is 0 Å². The van der Waals surface area contributed by atoms with Crippen LogP contribution < -0.4 is 4.74 Å². The van der Waals surface area contributed by atoms with Crippen LogP contribution in [0.4, 0.5) is 0 Å². The first-order chi connectivity index (χ1) is 15.1. The van der Waals surface area contributed by atoms with Gasteiger partial charge < -0.3 is 19.0 Å². The Morgan fingerprint density at radius 3 is 2.55 bits per heavy atom. The minimum Gasteiger partial charge on any atom is -0.484 e. The summed E-state index contributed by atoms with van der Waals surface area (Å²) in [6, 6.07) is 5.83. The van der Waals surface area contributed by atoms with Crippen LogP contribution in [-0.4, -0.2) is 78.9 Å². The van der Waals surface area contributed by atoms with Gasteiger partial charge >= 0.3 is 0 Å². The number of hydrogen-bond donors (Lipinski definition) is 0. The maximum absolute atomic E-state index is 12.6. The number of hydrogen-bond acceptors (Lipinski definition) is 5. The fraction of sp³-hybridized carbons (Fsp3) is 0.583. The average molecular weight is 428 g/mol. The Bertz CT molecular complexity index is 926. The highest BCUT2D eigenvalue weighted by molar-refractivity contribution is 5.84. The van der Waals surface area contributed by atoms with E-state index in [1.54, 1.807) is 0 Å². The van der Waals surface area contributed by atoms with Crippen molar-refractivity contribution in [3.63, 3.8) is 0 Å². The molecule has 1 aliphatic carbocycles. The van der Waals surface area contributed by atoms with Gasteiger partial charge in [0.1, 0.15) is 17.1 Å². The minimum atomic E-state index is -0.0101. The van der Waals surface area contributed by atoms with Gasteiger partial charge in [-0.05, 0) is 51.3 Å².